The summed E-state index contributed by atoms with van der Waals surface area (Å²) in [5, 5.41) is 0.468. The quantitative estimate of drug-likeness (QED) is 0.765. The van der Waals surface area contributed by atoms with E-state index in [1.165, 1.54) is 0 Å². The van der Waals surface area contributed by atoms with Gasteiger partial charge in [-0.3, -0.25) is 9.59 Å². The van der Waals surface area contributed by atoms with Crippen LogP contribution >= 0.6 is 11.6 Å². The number of halogens is 1. The van der Waals surface area contributed by atoms with Crippen LogP contribution in [0.5, 0.6) is 0 Å². The molecule has 90 valence electrons. The average molecular weight is 253 g/mol. The monoisotopic (exact) mass is 252 g/mol. The molecule has 1 fully saturated rings. The topological polar surface area (TPSA) is 40.6 Å². The molecule has 2 rings (SSSR count). The predicted octanol–water partition coefficient (Wildman–Crippen LogP) is 1.43. The van der Waals surface area contributed by atoms with Crippen LogP contribution in [0.3, 0.4) is 0 Å². The van der Waals surface area contributed by atoms with Gasteiger partial charge in [-0.05, 0) is 12.1 Å². The number of aldehydes is 1. The zero-order valence-corrected chi connectivity index (χ0v) is 10.1. The molecule has 1 aliphatic rings. The molecule has 17 heavy (non-hydrogen) atoms. The van der Waals surface area contributed by atoms with E-state index in [9.17, 15) is 9.59 Å². The van der Waals surface area contributed by atoms with Crippen LogP contribution in [0.25, 0.3) is 0 Å². The summed E-state index contributed by atoms with van der Waals surface area (Å²) >= 11 is 5.98. The van der Waals surface area contributed by atoms with Crippen molar-refractivity contribution in [2.75, 3.05) is 31.1 Å². The number of nitrogens with zero attached hydrogens (tertiary/aromatic N) is 2. The Bertz CT molecular complexity index is 429. The minimum Gasteiger partial charge on any atom is -0.367 e. The van der Waals surface area contributed by atoms with Gasteiger partial charge in [0.25, 0.3) is 0 Å². The number of carbonyl (C=O) groups is 2. The molecular formula is C12H13ClN2O2. The largest absolute Gasteiger partial charge is 0.367 e. The van der Waals surface area contributed by atoms with E-state index in [1.807, 2.05) is 12.1 Å². The molecule has 0 N–H and O–H groups in total. The van der Waals surface area contributed by atoms with Crippen LogP contribution in [-0.4, -0.2) is 43.8 Å². The first-order valence-corrected chi connectivity index (χ1v) is 5.82. The molecular weight excluding hydrogens is 240 g/mol. The van der Waals surface area contributed by atoms with Gasteiger partial charge in [0.05, 0.1) is 10.6 Å². The van der Waals surface area contributed by atoms with Gasteiger partial charge in [-0.2, -0.15) is 0 Å². The van der Waals surface area contributed by atoms with Crippen molar-refractivity contribution in [2.45, 2.75) is 0 Å². The number of hydrogen-bond donors (Lipinski definition) is 0. The lowest BCUT2D eigenvalue weighted by Crippen LogP contribution is -2.46. The van der Waals surface area contributed by atoms with E-state index >= 15 is 0 Å². The maximum Gasteiger partial charge on any atom is 0.209 e. The molecule has 1 aliphatic heterocycles. The molecule has 1 heterocycles. The average Bonchev–Trinajstić information content (AvgIpc) is 2.38. The van der Waals surface area contributed by atoms with Gasteiger partial charge in [-0.25, -0.2) is 0 Å². The second-order valence-corrected chi connectivity index (χ2v) is 4.33. The Morgan fingerprint density at radius 3 is 2.41 bits per heavy atom. The second-order valence-electron chi connectivity index (χ2n) is 3.92. The fourth-order valence-corrected chi connectivity index (χ4v) is 2.20. The Morgan fingerprint density at radius 2 is 1.82 bits per heavy atom. The molecule has 0 radical (unpaired) electrons. The molecule has 0 unspecified atom stereocenters. The van der Waals surface area contributed by atoms with Crippen molar-refractivity contribution in [1.82, 2.24) is 4.90 Å². The minimum absolute atomic E-state index is 0.468. The van der Waals surface area contributed by atoms with Crippen LogP contribution in [0.15, 0.2) is 18.2 Å². The third-order valence-electron chi connectivity index (χ3n) is 2.95. The van der Waals surface area contributed by atoms with Gasteiger partial charge in [0.15, 0.2) is 6.29 Å². The third kappa shape index (κ3) is 2.42. The van der Waals surface area contributed by atoms with Gasteiger partial charge < -0.3 is 9.80 Å². The maximum absolute atomic E-state index is 11.0. The number of carbonyl (C=O) groups excluding carboxylic acids is 2. The Balaban J connectivity index is 2.21. The van der Waals surface area contributed by atoms with Gasteiger partial charge in [0.2, 0.25) is 6.41 Å². The second kappa shape index (κ2) is 5.19. The summed E-state index contributed by atoms with van der Waals surface area (Å²) in [7, 11) is 0. The fourth-order valence-electron chi connectivity index (χ4n) is 1.99. The van der Waals surface area contributed by atoms with Crippen molar-refractivity contribution < 1.29 is 9.59 Å². The van der Waals surface area contributed by atoms with Gasteiger partial charge in [0, 0.05) is 31.9 Å². The van der Waals surface area contributed by atoms with Crippen LogP contribution in [0.4, 0.5) is 5.69 Å². The number of piperazine rings is 1. The Hall–Kier alpha value is -1.55. The number of hydrogen-bond acceptors (Lipinski definition) is 3. The first kappa shape index (κ1) is 11.9. The van der Waals surface area contributed by atoms with E-state index in [-0.39, 0.29) is 0 Å². The van der Waals surface area contributed by atoms with Crippen molar-refractivity contribution in [3.8, 4) is 0 Å². The summed E-state index contributed by atoms with van der Waals surface area (Å²) in [6.45, 7) is 2.79. The van der Waals surface area contributed by atoms with Gasteiger partial charge in [0.1, 0.15) is 0 Å². The van der Waals surface area contributed by atoms with Crippen LogP contribution < -0.4 is 4.90 Å². The molecule has 0 aromatic heterocycles. The summed E-state index contributed by atoms with van der Waals surface area (Å²) < 4.78 is 0. The summed E-state index contributed by atoms with van der Waals surface area (Å²) in [6, 6.07) is 5.42. The van der Waals surface area contributed by atoms with E-state index in [4.69, 9.17) is 11.6 Å². The number of rotatable bonds is 3. The molecule has 4 nitrogen and oxygen atoms in total. The Morgan fingerprint density at radius 1 is 1.12 bits per heavy atom. The maximum atomic E-state index is 11.0. The zero-order valence-electron chi connectivity index (χ0n) is 9.30. The normalized spacial score (nSPS) is 15.8. The summed E-state index contributed by atoms with van der Waals surface area (Å²) in [5.41, 5.74) is 1.37. The van der Waals surface area contributed by atoms with E-state index in [1.54, 1.807) is 11.0 Å². The molecule has 1 saturated heterocycles. The fraction of sp³-hybridized carbons (Fsp3) is 0.333. The molecule has 1 aromatic carbocycles. The highest BCUT2D eigenvalue weighted by atomic mass is 35.5. The number of benzene rings is 1. The van der Waals surface area contributed by atoms with Crippen molar-refractivity contribution >= 4 is 30.0 Å². The standard InChI is InChI=1S/C12H13ClN2O2/c13-11-2-1-3-12(10(11)8-16)15-6-4-14(9-17)5-7-15/h1-3,8-9H,4-7H2. The van der Waals surface area contributed by atoms with Gasteiger partial charge in [-0.15, -0.1) is 0 Å². The summed E-state index contributed by atoms with van der Waals surface area (Å²) in [4.78, 5) is 25.4. The van der Waals surface area contributed by atoms with Crippen LogP contribution in [0.2, 0.25) is 5.02 Å². The Labute approximate surface area is 105 Å². The highest BCUT2D eigenvalue weighted by molar-refractivity contribution is 6.33. The molecule has 0 saturated carbocycles. The molecule has 1 amide bonds. The van der Waals surface area contributed by atoms with Crippen LogP contribution in [0, 0.1) is 0 Å². The van der Waals surface area contributed by atoms with E-state index in [2.05, 4.69) is 4.90 Å². The molecule has 0 atom stereocenters. The minimum atomic E-state index is 0.468. The van der Waals surface area contributed by atoms with Gasteiger partial charge in [-0.1, -0.05) is 17.7 Å². The summed E-state index contributed by atoms with van der Waals surface area (Å²) in [5.74, 6) is 0. The van der Waals surface area contributed by atoms with Crippen molar-refractivity contribution in [3.63, 3.8) is 0 Å². The molecule has 0 spiro atoms. The van der Waals surface area contributed by atoms with E-state index in [0.717, 1.165) is 31.5 Å². The SMILES string of the molecule is O=Cc1c(Cl)cccc1N1CCN(C=O)CC1. The number of amides is 1. The first-order valence-electron chi connectivity index (χ1n) is 5.44. The molecule has 0 aliphatic carbocycles. The number of anilines is 1. The lowest BCUT2D eigenvalue weighted by atomic mass is 10.1. The summed E-state index contributed by atoms with van der Waals surface area (Å²) in [6.07, 6.45) is 1.64. The van der Waals surface area contributed by atoms with Crippen molar-refractivity contribution in [1.29, 1.82) is 0 Å². The molecule has 5 heteroatoms. The third-order valence-corrected chi connectivity index (χ3v) is 3.28. The van der Waals surface area contributed by atoms with Crippen molar-refractivity contribution in [3.05, 3.63) is 28.8 Å². The highest BCUT2D eigenvalue weighted by Crippen LogP contribution is 2.26. The van der Waals surface area contributed by atoms with Crippen molar-refractivity contribution in [2.24, 2.45) is 0 Å². The lowest BCUT2D eigenvalue weighted by Gasteiger charge is -2.34. The molecule has 0 bridgehead atoms. The predicted molar refractivity (Wildman–Crippen MR) is 66.7 cm³/mol. The van der Waals surface area contributed by atoms with Crippen LogP contribution in [0.1, 0.15) is 10.4 Å². The molecule has 1 aromatic rings. The lowest BCUT2D eigenvalue weighted by molar-refractivity contribution is -0.118. The van der Waals surface area contributed by atoms with E-state index < -0.39 is 0 Å². The zero-order chi connectivity index (χ0) is 12.3. The smallest absolute Gasteiger partial charge is 0.209 e. The van der Waals surface area contributed by atoms with Gasteiger partial charge >= 0.3 is 0 Å². The van der Waals surface area contributed by atoms with E-state index in [0.29, 0.717) is 23.7 Å². The van der Waals surface area contributed by atoms with Crippen LogP contribution in [-0.2, 0) is 4.79 Å². The highest BCUT2D eigenvalue weighted by Gasteiger charge is 2.18. The Kier molecular flexibility index (Phi) is 3.64. The first-order chi connectivity index (χ1) is 8.26.